The quantitative estimate of drug-likeness (QED) is 0.778. The number of carboxylic acid groups (broad SMARTS) is 1. The van der Waals surface area contributed by atoms with Gasteiger partial charge in [0, 0.05) is 12.6 Å². The zero-order valence-electron chi connectivity index (χ0n) is 8.80. The number of hydrogen-bond donors (Lipinski definition) is 2. The second kappa shape index (κ2) is 4.58. The van der Waals surface area contributed by atoms with Gasteiger partial charge in [0.2, 0.25) is 5.54 Å². The number of alkyl halides is 3. The summed E-state index contributed by atoms with van der Waals surface area (Å²) >= 11 is 0. The molecule has 1 fully saturated rings. The number of ether oxygens (including phenoxy) is 1. The number of hydrogen-bond acceptors (Lipinski definition) is 3. The topological polar surface area (TPSA) is 58.6 Å². The van der Waals surface area contributed by atoms with E-state index in [1.165, 1.54) is 0 Å². The minimum absolute atomic E-state index is 0.110. The van der Waals surface area contributed by atoms with E-state index in [0.717, 1.165) is 0 Å². The summed E-state index contributed by atoms with van der Waals surface area (Å²) in [6, 6.07) is -0.573. The molecular formula is C9H14F3NO3. The second-order valence-electron chi connectivity index (χ2n) is 3.99. The smallest absolute Gasteiger partial charge is 0.417 e. The average molecular weight is 241 g/mol. The van der Waals surface area contributed by atoms with E-state index in [4.69, 9.17) is 9.84 Å². The van der Waals surface area contributed by atoms with E-state index in [2.05, 4.69) is 5.32 Å². The van der Waals surface area contributed by atoms with Gasteiger partial charge in [0.15, 0.2) is 0 Å². The Balaban J connectivity index is 2.74. The molecule has 0 aliphatic carbocycles. The van der Waals surface area contributed by atoms with Gasteiger partial charge in [0.1, 0.15) is 0 Å². The molecule has 2 unspecified atom stereocenters. The van der Waals surface area contributed by atoms with Crippen molar-refractivity contribution >= 4 is 5.97 Å². The molecule has 0 saturated carbocycles. The highest BCUT2D eigenvalue weighted by atomic mass is 19.4. The lowest BCUT2D eigenvalue weighted by molar-refractivity contribution is -0.209. The van der Waals surface area contributed by atoms with Crippen molar-refractivity contribution in [1.82, 2.24) is 5.32 Å². The van der Waals surface area contributed by atoms with Gasteiger partial charge in [0.25, 0.3) is 0 Å². The lowest BCUT2D eigenvalue weighted by atomic mass is 9.98. The van der Waals surface area contributed by atoms with E-state index in [1.807, 2.05) is 0 Å². The van der Waals surface area contributed by atoms with Crippen LogP contribution in [0.2, 0.25) is 0 Å². The standard InChI is InChI=1S/C9H14F3NO3/c1-8(7(14)15,9(10,11)12)13-6-3-2-4-16-5-6/h6,13H,2-5H2,1H3,(H,14,15). The summed E-state index contributed by atoms with van der Waals surface area (Å²) in [7, 11) is 0. The minimum atomic E-state index is -4.84. The summed E-state index contributed by atoms with van der Waals surface area (Å²) in [6.07, 6.45) is -3.72. The molecule has 0 spiro atoms. The van der Waals surface area contributed by atoms with Crippen LogP contribution in [0, 0.1) is 0 Å². The van der Waals surface area contributed by atoms with Crippen LogP contribution in [0.15, 0.2) is 0 Å². The molecule has 0 aromatic carbocycles. The number of carboxylic acids is 1. The van der Waals surface area contributed by atoms with E-state index in [0.29, 0.717) is 26.4 Å². The maximum atomic E-state index is 12.6. The highest BCUT2D eigenvalue weighted by molar-refractivity contribution is 5.79. The molecule has 16 heavy (non-hydrogen) atoms. The Labute approximate surface area is 90.8 Å². The van der Waals surface area contributed by atoms with Crippen molar-refractivity contribution in [3.8, 4) is 0 Å². The van der Waals surface area contributed by atoms with Crippen LogP contribution in [0.4, 0.5) is 13.2 Å². The lowest BCUT2D eigenvalue weighted by Crippen LogP contribution is -2.64. The molecule has 2 atom stereocenters. The Hall–Kier alpha value is -0.820. The lowest BCUT2D eigenvalue weighted by Gasteiger charge is -2.34. The summed E-state index contributed by atoms with van der Waals surface area (Å²) in [4.78, 5) is 10.7. The van der Waals surface area contributed by atoms with Gasteiger partial charge in [-0.05, 0) is 19.8 Å². The molecule has 0 radical (unpaired) electrons. The van der Waals surface area contributed by atoms with Crippen molar-refractivity contribution in [2.24, 2.45) is 0 Å². The third-order valence-corrected chi connectivity index (χ3v) is 2.65. The predicted molar refractivity (Wildman–Crippen MR) is 49.1 cm³/mol. The first-order chi connectivity index (χ1) is 7.27. The van der Waals surface area contributed by atoms with E-state index in [9.17, 15) is 18.0 Å². The summed E-state index contributed by atoms with van der Waals surface area (Å²) in [6.45, 7) is 1.25. The molecule has 7 heteroatoms. The van der Waals surface area contributed by atoms with Crippen molar-refractivity contribution in [2.45, 2.75) is 37.5 Å². The zero-order valence-corrected chi connectivity index (χ0v) is 8.80. The Morgan fingerprint density at radius 3 is 2.50 bits per heavy atom. The first kappa shape index (κ1) is 13.2. The maximum absolute atomic E-state index is 12.6. The fourth-order valence-corrected chi connectivity index (χ4v) is 1.53. The highest BCUT2D eigenvalue weighted by Crippen LogP contribution is 2.31. The fourth-order valence-electron chi connectivity index (χ4n) is 1.53. The van der Waals surface area contributed by atoms with Gasteiger partial charge in [0.05, 0.1) is 6.61 Å². The molecule has 1 aliphatic rings. The average Bonchev–Trinajstić information content (AvgIpc) is 2.17. The highest BCUT2D eigenvalue weighted by Gasteiger charge is 2.58. The van der Waals surface area contributed by atoms with Gasteiger partial charge in [-0.3, -0.25) is 5.32 Å². The van der Waals surface area contributed by atoms with E-state index >= 15 is 0 Å². The number of nitrogens with one attached hydrogen (secondary N) is 1. The van der Waals surface area contributed by atoms with Gasteiger partial charge in [-0.25, -0.2) is 4.79 Å². The van der Waals surface area contributed by atoms with Crippen LogP contribution in [0.25, 0.3) is 0 Å². The molecule has 94 valence electrons. The number of halogens is 3. The first-order valence-corrected chi connectivity index (χ1v) is 4.93. The number of carbonyl (C=O) groups is 1. The zero-order chi connectivity index (χ0) is 12.4. The van der Waals surface area contributed by atoms with E-state index < -0.39 is 23.7 Å². The van der Waals surface area contributed by atoms with Gasteiger partial charge in [-0.15, -0.1) is 0 Å². The van der Waals surface area contributed by atoms with Crippen LogP contribution in [-0.4, -0.2) is 42.0 Å². The molecule has 4 nitrogen and oxygen atoms in total. The van der Waals surface area contributed by atoms with Crippen molar-refractivity contribution in [1.29, 1.82) is 0 Å². The summed E-state index contributed by atoms with van der Waals surface area (Å²) < 4.78 is 42.9. The van der Waals surface area contributed by atoms with Crippen LogP contribution in [-0.2, 0) is 9.53 Å². The molecule has 0 aromatic heterocycles. The Bertz CT molecular complexity index is 263. The number of rotatable bonds is 3. The predicted octanol–water partition coefficient (Wildman–Crippen LogP) is 1.16. The van der Waals surface area contributed by atoms with Gasteiger partial charge < -0.3 is 9.84 Å². The Kier molecular flexibility index (Phi) is 3.80. The summed E-state index contributed by atoms with van der Waals surface area (Å²) in [5.74, 6) is -1.93. The Morgan fingerprint density at radius 1 is 1.50 bits per heavy atom. The van der Waals surface area contributed by atoms with Crippen LogP contribution < -0.4 is 5.32 Å². The molecule has 0 aromatic rings. The monoisotopic (exact) mass is 241 g/mol. The maximum Gasteiger partial charge on any atom is 0.417 e. The molecule has 0 bridgehead atoms. The molecule has 1 heterocycles. The first-order valence-electron chi connectivity index (χ1n) is 4.93. The third-order valence-electron chi connectivity index (χ3n) is 2.65. The van der Waals surface area contributed by atoms with Crippen molar-refractivity contribution < 1.29 is 27.8 Å². The molecule has 0 amide bonds. The molecule has 1 saturated heterocycles. The fraction of sp³-hybridized carbons (Fsp3) is 0.889. The molecular weight excluding hydrogens is 227 g/mol. The molecule has 1 aliphatic heterocycles. The van der Waals surface area contributed by atoms with Gasteiger partial charge in [-0.1, -0.05) is 0 Å². The SMILES string of the molecule is CC(NC1CCCOC1)(C(=O)O)C(F)(F)F. The van der Waals surface area contributed by atoms with Crippen LogP contribution in [0.3, 0.4) is 0 Å². The Morgan fingerprint density at radius 2 is 2.12 bits per heavy atom. The van der Waals surface area contributed by atoms with Crippen LogP contribution in [0.5, 0.6) is 0 Å². The van der Waals surface area contributed by atoms with Crippen molar-refractivity contribution in [2.75, 3.05) is 13.2 Å². The van der Waals surface area contributed by atoms with Crippen molar-refractivity contribution in [3.63, 3.8) is 0 Å². The van der Waals surface area contributed by atoms with Crippen molar-refractivity contribution in [3.05, 3.63) is 0 Å². The van der Waals surface area contributed by atoms with E-state index in [1.54, 1.807) is 0 Å². The summed E-state index contributed by atoms with van der Waals surface area (Å²) in [5.41, 5.74) is -2.92. The second-order valence-corrected chi connectivity index (χ2v) is 3.99. The van der Waals surface area contributed by atoms with Crippen LogP contribution in [0.1, 0.15) is 19.8 Å². The van der Waals surface area contributed by atoms with Gasteiger partial charge in [-0.2, -0.15) is 13.2 Å². The largest absolute Gasteiger partial charge is 0.480 e. The van der Waals surface area contributed by atoms with E-state index in [-0.39, 0.29) is 6.61 Å². The normalized spacial score (nSPS) is 26.1. The third kappa shape index (κ3) is 2.65. The number of aliphatic carboxylic acids is 1. The summed E-state index contributed by atoms with van der Waals surface area (Å²) in [5, 5.41) is 10.8. The van der Waals surface area contributed by atoms with Gasteiger partial charge >= 0.3 is 12.1 Å². The molecule has 2 N–H and O–H groups in total. The molecule has 1 rings (SSSR count). The van der Waals surface area contributed by atoms with Crippen LogP contribution >= 0.6 is 0 Å². The minimum Gasteiger partial charge on any atom is -0.480 e.